The van der Waals surface area contributed by atoms with E-state index in [2.05, 4.69) is 27.9 Å². The molecule has 1 fully saturated rings. The van der Waals surface area contributed by atoms with E-state index in [4.69, 9.17) is 9.94 Å². The molecule has 0 radical (unpaired) electrons. The summed E-state index contributed by atoms with van der Waals surface area (Å²) in [7, 11) is 0. The Bertz CT molecular complexity index is 1070. The van der Waals surface area contributed by atoms with Crippen LogP contribution in [-0.4, -0.2) is 51.5 Å². The minimum Gasteiger partial charge on any atom is -0.486 e. The lowest BCUT2D eigenvalue weighted by Crippen LogP contribution is -2.51. The van der Waals surface area contributed by atoms with E-state index in [9.17, 15) is 14.4 Å². The van der Waals surface area contributed by atoms with Gasteiger partial charge in [-0.25, -0.2) is 24.6 Å². The molecule has 0 bridgehead atoms. The molecule has 2 heterocycles. The van der Waals surface area contributed by atoms with E-state index in [0.29, 0.717) is 22.9 Å². The van der Waals surface area contributed by atoms with E-state index < -0.39 is 18.3 Å². The fourth-order valence-corrected chi connectivity index (χ4v) is 3.27. The predicted molar refractivity (Wildman–Crippen MR) is 116 cm³/mol. The Labute approximate surface area is 184 Å². The lowest BCUT2D eigenvalue weighted by atomic mass is 10.1. The largest absolute Gasteiger partial charge is 0.486 e. The summed E-state index contributed by atoms with van der Waals surface area (Å²) in [5, 5.41) is 21.3. The van der Waals surface area contributed by atoms with Crippen LogP contribution in [0.4, 0.5) is 15.0 Å². The van der Waals surface area contributed by atoms with E-state index in [1.807, 2.05) is 13.0 Å². The molecule has 10 heteroatoms. The molecule has 3 N–H and O–H groups in total. The van der Waals surface area contributed by atoms with Gasteiger partial charge in [0, 0.05) is 30.4 Å². The Balaban J connectivity index is 1.75. The standard InChI is InChI=1S/C22H23FN6O3/c1-3-4-14(2)26-20-7-9-25-21(27-20)15-5-6-18(16(11-15)12-24)32-19-8-10-29(13-17(19)23)22(30)28-31/h3-7,9,11,17,19,31H,2,8,10,13H2,1H3,(H,28,30)(H,25,26,27)/b4-3-/t17-,19+/m1/s1. The van der Waals surface area contributed by atoms with Gasteiger partial charge < -0.3 is 15.0 Å². The highest BCUT2D eigenvalue weighted by molar-refractivity contribution is 5.73. The molecule has 1 saturated heterocycles. The SMILES string of the molecule is C=C(/C=C\C)Nc1ccnc(-c2ccc(O[C@H]3CCN(C(=O)NO)C[C@H]3F)c(C#N)c2)n1. The number of likely N-dealkylation sites (tertiary alicyclic amines) is 1. The number of allylic oxidation sites excluding steroid dienone is 2. The number of amides is 2. The number of piperidine rings is 1. The van der Waals surface area contributed by atoms with Crippen molar-refractivity contribution >= 4 is 11.8 Å². The van der Waals surface area contributed by atoms with Gasteiger partial charge in [0.15, 0.2) is 12.0 Å². The number of ether oxygens (including phenoxy) is 1. The zero-order valence-electron chi connectivity index (χ0n) is 17.5. The van der Waals surface area contributed by atoms with Gasteiger partial charge in [-0.15, -0.1) is 0 Å². The number of nitrogens with one attached hydrogen (secondary N) is 2. The molecule has 0 saturated carbocycles. The molecule has 0 unspecified atom stereocenters. The zero-order valence-corrected chi connectivity index (χ0v) is 17.5. The summed E-state index contributed by atoms with van der Waals surface area (Å²) in [6, 6.07) is 7.85. The molecule has 1 aromatic carbocycles. The fraction of sp³-hybridized carbons (Fsp3) is 0.273. The van der Waals surface area contributed by atoms with Crippen LogP contribution < -0.4 is 15.5 Å². The maximum Gasteiger partial charge on any atom is 0.341 e. The average molecular weight is 438 g/mol. The number of halogens is 1. The average Bonchev–Trinajstić information content (AvgIpc) is 2.80. The number of rotatable bonds is 6. The Morgan fingerprint density at radius 2 is 2.28 bits per heavy atom. The number of alkyl halides is 1. The second-order valence-corrected chi connectivity index (χ2v) is 7.06. The van der Waals surface area contributed by atoms with E-state index in [-0.39, 0.29) is 30.8 Å². The highest BCUT2D eigenvalue weighted by atomic mass is 19.1. The number of carbonyl (C=O) groups excluding carboxylic acids is 1. The number of aromatic nitrogens is 2. The topological polar surface area (TPSA) is 123 Å². The van der Waals surface area contributed by atoms with E-state index in [1.165, 1.54) is 5.48 Å². The quantitative estimate of drug-likeness (QED) is 0.359. The Kier molecular flexibility index (Phi) is 7.36. The number of benzene rings is 1. The first-order chi connectivity index (χ1) is 15.4. The molecule has 0 spiro atoms. The van der Waals surface area contributed by atoms with Crippen LogP contribution in [0, 0.1) is 11.3 Å². The number of nitrogens with zero attached hydrogens (tertiary/aromatic N) is 4. The summed E-state index contributed by atoms with van der Waals surface area (Å²) in [6.07, 6.45) is 3.17. The van der Waals surface area contributed by atoms with Gasteiger partial charge in [0.1, 0.15) is 23.7 Å². The lowest BCUT2D eigenvalue weighted by molar-refractivity contribution is 0.0271. The Morgan fingerprint density at radius 3 is 2.97 bits per heavy atom. The minimum atomic E-state index is -1.47. The number of hydroxylamine groups is 1. The summed E-state index contributed by atoms with van der Waals surface area (Å²) in [5.41, 5.74) is 2.97. The summed E-state index contributed by atoms with van der Waals surface area (Å²) in [4.78, 5) is 21.3. The number of nitriles is 1. The third-order valence-electron chi connectivity index (χ3n) is 4.81. The third-order valence-corrected chi connectivity index (χ3v) is 4.81. The molecule has 2 atom stereocenters. The number of hydrogen-bond acceptors (Lipinski definition) is 7. The van der Waals surface area contributed by atoms with E-state index in [1.54, 1.807) is 36.5 Å². The van der Waals surface area contributed by atoms with Crippen molar-refractivity contribution in [1.82, 2.24) is 20.3 Å². The van der Waals surface area contributed by atoms with Gasteiger partial charge >= 0.3 is 6.03 Å². The monoisotopic (exact) mass is 438 g/mol. The predicted octanol–water partition coefficient (Wildman–Crippen LogP) is 3.41. The van der Waals surface area contributed by atoms with Crippen LogP contribution >= 0.6 is 0 Å². The maximum absolute atomic E-state index is 14.5. The van der Waals surface area contributed by atoms with Crippen LogP contribution in [0.3, 0.4) is 0 Å². The molecule has 2 aromatic rings. The van der Waals surface area contributed by atoms with E-state index in [0.717, 1.165) is 4.90 Å². The summed E-state index contributed by atoms with van der Waals surface area (Å²) in [5.74, 6) is 1.19. The first kappa shape index (κ1) is 22.7. The number of hydrogen-bond donors (Lipinski definition) is 3. The number of anilines is 1. The molecule has 1 aromatic heterocycles. The summed E-state index contributed by atoms with van der Waals surface area (Å²) < 4.78 is 20.3. The van der Waals surface area contributed by atoms with Crippen LogP contribution in [0.25, 0.3) is 11.4 Å². The van der Waals surface area contributed by atoms with Gasteiger partial charge in [-0.3, -0.25) is 5.21 Å². The van der Waals surface area contributed by atoms with Gasteiger partial charge in [0.2, 0.25) is 0 Å². The number of urea groups is 1. The Hall–Kier alpha value is -3.97. The van der Waals surface area contributed by atoms with Crippen molar-refractivity contribution in [3.8, 4) is 23.2 Å². The van der Waals surface area contributed by atoms with Crippen LogP contribution in [0.2, 0.25) is 0 Å². The first-order valence-electron chi connectivity index (χ1n) is 9.91. The van der Waals surface area contributed by atoms with Crippen molar-refractivity contribution < 1.29 is 19.1 Å². The zero-order chi connectivity index (χ0) is 23.1. The van der Waals surface area contributed by atoms with Gasteiger partial charge in [-0.05, 0) is 37.3 Å². The molecule has 0 aliphatic carbocycles. The van der Waals surface area contributed by atoms with Crippen molar-refractivity contribution in [3.63, 3.8) is 0 Å². The van der Waals surface area contributed by atoms with Crippen molar-refractivity contribution in [2.45, 2.75) is 25.6 Å². The summed E-state index contributed by atoms with van der Waals surface area (Å²) in [6.45, 7) is 5.75. The minimum absolute atomic E-state index is 0.212. The van der Waals surface area contributed by atoms with Crippen LogP contribution in [0.1, 0.15) is 18.9 Å². The molecule has 1 aliphatic rings. The molecule has 2 amide bonds. The van der Waals surface area contributed by atoms with Crippen LogP contribution in [0.15, 0.2) is 54.9 Å². The van der Waals surface area contributed by atoms with Gasteiger partial charge in [-0.2, -0.15) is 5.26 Å². The highest BCUT2D eigenvalue weighted by Crippen LogP contribution is 2.28. The Morgan fingerprint density at radius 1 is 1.47 bits per heavy atom. The number of carbonyl (C=O) groups is 1. The summed E-state index contributed by atoms with van der Waals surface area (Å²) >= 11 is 0. The maximum atomic E-state index is 14.5. The molecule has 1 aliphatic heterocycles. The van der Waals surface area contributed by atoms with Crippen molar-refractivity contribution in [1.29, 1.82) is 5.26 Å². The molecule has 166 valence electrons. The fourth-order valence-electron chi connectivity index (χ4n) is 3.27. The van der Waals surface area contributed by atoms with Crippen molar-refractivity contribution in [2.75, 3.05) is 18.4 Å². The second kappa shape index (κ2) is 10.4. The van der Waals surface area contributed by atoms with Crippen LogP contribution in [-0.2, 0) is 0 Å². The third kappa shape index (κ3) is 5.39. The van der Waals surface area contributed by atoms with Crippen molar-refractivity contribution in [3.05, 3.63) is 60.5 Å². The van der Waals surface area contributed by atoms with Crippen molar-refractivity contribution in [2.24, 2.45) is 0 Å². The van der Waals surface area contributed by atoms with Crippen LogP contribution in [0.5, 0.6) is 5.75 Å². The molecular weight excluding hydrogens is 415 g/mol. The van der Waals surface area contributed by atoms with E-state index >= 15 is 0 Å². The first-order valence-corrected chi connectivity index (χ1v) is 9.91. The van der Waals surface area contributed by atoms with Gasteiger partial charge in [0.25, 0.3) is 0 Å². The molecular formula is C22H23FN6O3. The highest BCUT2D eigenvalue weighted by Gasteiger charge is 2.33. The molecule has 9 nitrogen and oxygen atoms in total. The molecule has 3 rings (SSSR count). The van der Waals surface area contributed by atoms with Gasteiger partial charge in [0.05, 0.1) is 12.1 Å². The lowest BCUT2D eigenvalue weighted by Gasteiger charge is -2.34. The second-order valence-electron chi connectivity index (χ2n) is 7.06. The normalized spacial score (nSPS) is 18.1. The molecule has 32 heavy (non-hydrogen) atoms. The van der Waals surface area contributed by atoms with Gasteiger partial charge in [-0.1, -0.05) is 12.7 Å². The smallest absolute Gasteiger partial charge is 0.341 e.